The van der Waals surface area contributed by atoms with Gasteiger partial charge in [-0.05, 0) is 32.5 Å². The summed E-state index contributed by atoms with van der Waals surface area (Å²) in [6, 6.07) is 0. The van der Waals surface area contributed by atoms with Crippen LogP contribution in [-0.4, -0.2) is 20.1 Å². The molecule has 0 aromatic carbocycles. The Morgan fingerprint density at radius 3 is 2.27 bits per heavy atom. The van der Waals surface area contributed by atoms with Crippen molar-refractivity contribution in [3.05, 3.63) is 10.1 Å². The molecule has 0 amide bonds. The zero-order valence-corrected chi connectivity index (χ0v) is 8.19. The maximum absolute atomic E-state index is 10.3. The van der Waals surface area contributed by atoms with Crippen LogP contribution in [0.2, 0.25) is 0 Å². The molecule has 0 aliphatic carbocycles. The van der Waals surface area contributed by atoms with Crippen LogP contribution in [-0.2, 0) is 0 Å². The largest absolute Gasteiger partial charge is 0.392 e. The Hall–Kier alpha value is -0.530. The first kappa shape index (κ1) is 8.57. The summed E-state index contributed by atoms with van der Waals surface area (Å²) in [4.78, 5) is 17.6. The van der Waals surface area contributed by atoms with Gasteiger partial charge in [0.1, 0.15) is 0 Å². The van der Waals surface area contributed by atoms with Crippen molar-refractivity contribution in [2.24, 2.45) is 9.98 Å². The molecule has 0 aromatic heterocycles. The molecule has 0 saturated heterocycles. The molecule has 1 rings (SSSR count). The van der Waals surface area contributed by atoms with E-state index in [2.05, 4.69) is 9.98 Å². The van der Waals surface area contributed by atoms with Crippen LogP contribution in [0.1, 0.15) is 13.8 Å². The van der Waals surface area contributed by atoms with Crippen LogP contribution in [0.4, 0.5) is 0 Å². The molecule has 5 nitrogen and oxygen atoms in total. The van der Waals surface area contributed by atoms with Crippen molar-refractivity contribution < 1.29 is 4.92 Å². The molecule has 1 aliphatic rings. The van der Waals surface area contributed by atoms with Gasteiger partial charge in [0.15, 0.2) is 3.72 Å². The van der Waals surface area contributed by atoms with E-state index in [1.165, 1.54) is 0 Å². The molecule has 0 spiro atoms. The first-order chi connectivity index (χ1) is 4.92. The lowest BCUT2D eigenvalue weighted by atomic mass is 10.3. The fourth-order valence-electron chi connectivity index (χ4n) is 0.737. The van der Waals surface area contributed by atoms with E-state index in [9.17, 15) is 10.1 Å². The van der Waals surface area contributed by atoms with Crippen molar-refractivity contribution in [1.29, 1.82) is 0 Å². The van der Waals surface area contributed by atoms with Gasteiger partial charge < -0.3 is 10.1 Å². The van der Waals surface area contributed by atoms with Gasteiger partial charge in [0.05, 0.1) is 0 Å². The highest BCUT2D eigenvalue weighted by atomic mass is 127. The fraction of sp³-hybridized carbons (Fsp3) is 0.600. The quantitative estimate of drug-likeness (QED) is 0.376. The first-order valence-corrected chi connectivity index (χ1v) is 4.00. The summed E-state index contributed by atoms with van der Waals surface area (Å²) in [6.45, 7) is 3.45. The second-order valence-corrected chi connectivity index (χ2v) is 3.61. The van der Waals surface area contributed by atoms with E-state index < -0.39 is 10.6 Å². The van der Waals surface area contributed by atoms with Gasteiger partial charge in [-0.2, -0.15) is 0 Å². The number of hydrogen-bond donors (Lipinski definition) is 0. The molecule has 1 heterocycles. The standard InChI is InChI=1S/C5H6IN3O2/c1-5(2)7-3(6)4(8-5)9(10)11/h1-2H3. The van der Waals surface area contributed by atoms with E-state index in [-0.39, 0.29) is 5.84 Å². The maximum atomic E-state index is 10.3. The number of hydrogen-bond acceptors (Lipinski definition) is 4. The van der Waals surface area contributed by atoms with E-state index >= 15 is 0 Å². The monoisotopic (exact) mass is 267 g/mol. The zero-order valence-electron chi connectivity index (χ0n) is 6.04. The topological polar surface area (TPSA) is 67.9 Å². The van der Waals surface area contributed by atoms with Gasteiger partial charge in [0.25, 0.3) is 0 Å². The van der Waals surface area contributed by atoms with Gasteiger partial charge in [0.2, 0.25) is 5.66 Å². The normalized spacial score (nSPS) is 21.0. The number of nitrogens with zero attached hydrogens (tertiary/aromatic N) is 3. The van der Waals surface area contributed by atoms with Crippen LogP contribution in [0.25, 0.3) is 0 Å². The summed E-state index contributed by atoms with van der Waals surface area (Å²) < 4.78 is 0.373. The van der Waals surface area contributed by atoms with Gasteiger partial charge in [-0.3, -0.25) is 0 Å². The van der Waals surface area contributed by atoms with E-state index in [0.29, 0.717) is 3.72 Å². The maximum Gasteiger partial charge on any atom is 0.392 e. The summed E-state index contributed by atoms with van der Waals surface area (Å²) in [5, 5.41) is 10.3. The Morgan fingerprint density at radius 2 is 2.09 bits per heavy atom. The molecule has 0 saturated carbocycles. The third-order valence-electron chi connectivity index (χ3n) is 1.11. The van der Waals surface area contributed by atoms with Gasteiger partial charge in [-0.25, -0.2) is 4.99 Å². The highest BCUT2D eigenvalue weighted by Crippen LogP contribution is 2.20. The number of nitro groups is 1. The number of halogens is 1. The van der Waals surface area contributed by atoms with Crippen LogP contribution in [0, 0.1) is 10.1 Å². The molecule has 0 bridgehead atoms. The molecule has 1 aliphatic heterocycles. The minimum absolute atomic E-state index is 0.129. The zero-order chi connectivity index (χ0) is 8.65. The summed E-state index contributed by atoms with van der Waals surface area (Å²) in [5.74, 6) is -0.129. The van der Waals surface area contributed by atoms with Crippen molar-refractivity contribution in [1.82, 2.24) is 0 Å². The first-order valence-electron chi connectivity index (χ1n) is 2.92. The number of aliphatic imine (C=N–C) groups is 2. The summed E-state index contributed by atoms with van der Waals surface area (Å²) in [5.41, 5.74) is -0.654. The number of amidine groups is 1. The van der Waals surface area contributed by atoms with Gasteiger partial charge in [0, 0.05) is 13.8 Å². The Labute approximate surface area is 76.9 Å². The van der Waals surface area contributed by atoms with Crippen LogP contribution in [0.5, 0.6) is 0 Å². The molecular formula is C5H6IN3O2. The van der Waals surface area contributed by atoms with Crippen LogP contribution >= 0.6 is 22.6 Å². The average molecular weight is 267 g/mol. The highest BCUT2D eigenvalue weighted by molar-refractivity contribution is 14.1. The van der Waals surface area contributed by atoms with E-state index in [4.69, 9.17) is 0 Å². The Morgan fingerprint density at radius 1 is 1.55 bits per heavy atom. The molecule has 0 unspecified atom stereocenters. The van der Waals surface area contributed by atoms with Crippen molar-refractivity contribution in [3.8, 4) is 0 Å². The second-order valence-electron chi connectivity index (χ2n) is 2.59. The molecule has 0 radical (unpaired) electrons. The lowest BCUT2D eigenvalue weighted by molar-refractivity contribution is -0.345. The van der Waals surface area contributed by atoms with Crippen molar-refractivity contribution >= 4 is 32.1 Å². The molecule has 60 valence electrons. The number of rotatable bonds is 0. The Balaban J connectivity index is 3.04. The SMILES string of the molecule is CC1(C)N=C(I)C([N+](=O)[O-])=N1. The van der Waals surface area contributed by atoms with Crippen LogP contribution in [0.15, 0.2) is 9.98 Å². The van der Waals surface area contributed by atoms with Crippen molar-refractivity contribution in [3.63, 3.8) is 0 Å². The third kappa shape index (κ3) is 1.73. The molecule has 0 N–H and O–H groups in total. The van der Waals surface area contributed by atoms with E-state index in [0.717, 1.165) is 0 Å². The summed E-state index contributed by atoms with van der Waals surface area (Å²) in [7, 11) is 0. The highest BCUT2D eigenvalue weighted by Gasteiger charge is 2.36. The molecule has 0 fully saturated rings. The minimum Gasteiger partial charge on any atom is -0.358 e. The van der Waals surface area contributed by atoms with Crippen LogP contribution < -0.4 is 0 Å². The Bertz CT molecular complexity index is 269. The molecule has 0 atom stereocenters. The smallest absolute Gasteiger partial charge is 0.358 e. The predicted molar refractivity (Wildman–Crippen MR) is 50.0 cm³/mol. The van der Waals surface area contributed by atoms with Gasteiger partial charge in [-0.15, -0.1) is 0 Å². The van der Waals surface area contributed by atoms with Crippen LogP contribution in [0.3, 0.4) is 0 Å². The fourth-order valence-corrected chi connectivity index (χ4v) is 1.64. The lowest BCUT2D eigenvalue weighted by Gasteiger charge is -1.98. The molecular weight excluding hydrogens is 261 g/mol. The van der Waals surface area contributed by atoms with E-state index in [1.807, 2.05) is 22.6 Å². The van der Waals surface area contributed by atoms with Crippen molar-refractivity contribution in [2.45, 2.75) is 19.5 Å². The molecule has 11 heavy (non-hydrogen) atoms. The van der Waals surface area contributed by atoms with Gasteiger partial charge >= 0.3 is 5.84 Å². The molecule has 0 aromatic rings. The van der Waals surface area contributed by atoms with E-state index in [1.54, 1.807) is 13.8 Å². The van der Waals surface area contributed by atoms with Crippen molar-refractivity contribution in [2.75, 3.05) is 0 Å². The third-order valence-corrected chi connectivity index (χ3v) is 1.83. The average Bonchev–Trinajstić information content (AvgIpc) is 2.05. The Kier molecular flexibility index (Phi) is 1.95. The second kappa shape index (κ2) is 2.50. The lowest BCUT2D eigenvalue weighted by Crippen LogP contribution is -2.16. The summed E-state index contributed by atoms with van der Waals surface area (Å²) >= 11 is 1.81. The minimum atomic E-state index is -0.654. The predicted octanol–water partition coefficient (Wildman–Crippen LogP) is 1.24. The van der Waals surface area contributed by atoms with Gasteiger partial charge in [-0.1, -0.05) is 0 Å². The molecule has 6 heteroatoms. The summed E-state index contributed by atoms with van der Waals surface area (Å²) in [6.07, 6.45) is 0.